The van der Waals surface area contributed by atoms with E-state index in [-0.39, 0.29) is 0 Å². The second kappa shape index (κ2) is 5.83. The molecule has 2 N–H and O–H groups in total. The summed E-state index contributed by atoms with van der Waals surface area (Å²) in [5.74, 6) is 0.672. The van der Waals surface area contributed by atoms with Crippen molar-refractivity contribution in [3.63, 3.8) is 0 Å². The van der Waals surface area contributed by atoms with Crippen LogP contribution in [-0.2, 0) is 6.61 Å². The van der Waals surface area contributed by atoms with E-state index in [1.54, 1.807) is 24.3 Å². The molecule has 0 radical (unpaired) electrons. The summed E-state index contributed by atoms with van der Waals surface area (Å²) in [5, 5.41) is 1.25. The highest BCUT2D eigenvalue weighted by Gasteiger charge is 2.06. The lowest BCUT2D eigenvalue weighted by molar-refractivity contribution is 0.304. The highest BCUT2D eigenvalue weighted by molar-refractivity contribution is 9.10. The third-order valence-electron chi connectivity index (χ3n) is 2.38. The molecule has 0 aliphatic rings. The summed E-state index contributed by atoms with van der Waals surface area (Å²) in [6, 6.07) is 10.7. The van der Waals surface area contributed by atoms with E-state index in [9.17, 15) is 0 Å². The summed E-state index contributed by atoms with van der Waals surface area (Å²) >= 11 is 15.3. The molecular weight excluding hydrogens is 337 g/mol. The average Bonchev–Trinajstić information content (AvgIpc) is 2.35. The molecule has 0 aromatic heterocycles. The largest absolute Gasteiger partial charge is 0.488 e. The highest BCUT2D eigenvalue weighted by Crippen LogP contribution is 2.31. The second-order valence-electron chi connectivity index (χ2n) is 3.68. The molecule has 2 aromatic carbocycles. The van der Waals surface area contributed by atoms with Gasteiger partial charge in [-0.3, -0.25) is 0 Å². The van der Waals surface area contributed by atoms with Crippen molar-refractivity contribution in [2.45, 2.75) is 6.61 Å². The molecule has 0 unspecified atom stereocenters. The van der Waals surface area contributed by atoms with Crippen molar-refractivity contribution in [3.8, 4) is 5.75 Å². The fraction of sp³-hybridized carbons (Fsp3) is 0.0769. The quantitative estimate of drug-likeness (QED) is 0.801. The van der Waals surface area contributed by atoms with Crippen molar-refractivity contribution in [2.24, 2.45) is 0 Å². The minimum Gasteiger partial charge on any atom is -0.488 e. The first-order valence-corrected chi connectivity index (χ1v) is 6.73. The van der Waals surface area contributed by atoms with E-state index in [4.69, 9.17) is 33.7 Å². The predicted molar refractivity (Wildman–Crippen MR) is 79.3 cm³/mol. The Labute approximate surface area is 124 Å². The molecule has 2 rings (SSSR count). The maximum Gasteiger partial charge on any atom is 0.136 e. The van der Waals surface area contributed by atoms with Gasteiger partial charge in [0.1, 0.15) is 12.4 Å². The minimum atomic E-state index is 0.335. The number of benzene rings is 2. The third kappa shape index (κ3) is 3.10. The summed E-state index contributed by atoms with van der Waals surface area (Å²) < 4.78 is 6.41. The maximum atomic E-state index is 6.06. The van der Waals surface area contributed by atoms with E-state index in [0.29, 0.717) is 28.1 Å². The number of hydrogen-bond acceptors (Lipinski definition) is 2. The average molecular weight is 347 g/mol. The van der Waals surface area contributed by atoms with E-state index < -0.39 is 0 Å². The molecule has 18 heavy (non-hydrogen) atoms. The van der Waals surface area contributed by atoms with E-state index in [1.807, 2.05) is 12.1 Å². The molecule has 0 aliphatic heterocycles. The van der Waals surface area contributed by atoms with Crippen molar-refractivity contribution in [3.05, 3.63) is 56.5 Å². The summed E-state index contributed by atoms with van der Waals surface area (Å²) in [7, 11) is 0. The zero-order chi connectivity index (χ0) is 13.1. The van der Waals surface area contributed by atoms with Gasteiger partial charge in [0.25, 0.3) is 0 Å². The van der Waals surface area contributed by atoms with Crippen LogP contribution in [0.25, 0.3) is 0 Å². The number of nitrogens with two attached hydrogens (primary N) is 1. The SMILES string of the molecule is Nc1cccc(OCc2cc(Cl)ccc2Cl)c1Br. The van der Waals surface area contributed by atoms with Crippen LogP contribution in [0.15, 0.2) is 40.9 Å². The number of rotatable bonds is 3. The Morgan fingerprint density at radius 2 is 1.94 bits per heavy atom. The van der Waals surface area contributed by atoms with Gasteiger partial charge in [-0.25, -0.2) is 0 Å². The van der Waals surface area contributed by atoms with E-state index in [0.717, 1.165) is 10.0 Å². The van der Waals surface area contributed by atoms with Crippen molar-refractivity contribution >= 4 is 44.8 Å². The Hall–Kier alpha value is -0.900. The van der Waals surface area contributed by atoms with Gasteiger partial charge in [0, 0.05) is 21.3 Å². The zero-order valence-corrected chi connectivity index (χ0v) is 12.4. The smallest absolute Gasteiger partial charge is 0.136 e. The van der Waals surface area contributed by atoms with Crippen molar-refractivity contribution in [2.75, 3.05) is 5.73 Å². The molecule has 2 nitrogen and oxygen atoms in total. The normalized spacial score (nSPS) is 10.4. The molecule has 0 bridgehead atoms. The number of ether oxygens (including phenoxy) is 1. The highest BCUT2D eigenvalue weighted by atomic mass is 79.9. The van der Waals surface area contributed by atoms with Crippen molar-refractivity contribution in [1.82, 2.24) is 0 Å². The maximum absolute atomic E-state index is 6.06. The lowest BCUT2D eigenvalue weighted by Crippen LogP contribution is -1.98. The van der Waals surface area contributed by atoms with Crippen LogP contribution in [0.2, 0.25) is 10.0 Å². The third-order valence-corrected chi connectivity index (χ3v) is 3.84. The number of hydrogen-bond donors (Lipinski definition) is 1. The van der Waals surface area contributed by atoms with Gasteiger partial charge in [-0.2, -0.15) is 0 Å². The van der Waals surface area contributed by atoms with Crippen LogP contribution in [0.1, 0.15) is 5.56 Å². The molecule has 0 amide bonds. The molecule has 0 atom stereocenters. The van der Waals surface area contributed by atoms with Gasteiger partial charge in [0.05, 0.1) is 4.47 Å². The summed E-state index contributed by atoms with van der Waals surface area (Å²) in [4.78, 5) is 0. The van der Waals surface area contributed by atoms with Gasteiger partial charge in [-0.1, -0.05) is 29.3 Å². The second-order valence-corrected chi connectivity index (χ2v) is 5.32. The van der Waals surface area contributed by atoms with E-state index >= 15 is 0 Å². The first-order valence-electron chi connectivity index (χ1n) is 5.18. The lowest BCUT2D eigenvalue weighted by Gasteiger charge is -2.10. The number of nitrogen functional groups attached to an aromatic ring is 1. The number of anilines is 1. The number of halogens is 3. The molecule has 2 aromatic rings. The standard InChI is InChI=1S/C13H10BrCl2NO/c14-13-11(17)2-1-3-12(13)18-7-8-6-9(15)4-5-10(8)16/h1-6H,7,17H2. The molecule has 0 spiro atoms. The molecule has 0 heterocycles. The van der Waals surface area contributed by atoms with Crippen LogP contribution < -0.4 is 10.5 Å². The Bertz CT molecular complexity index is 573. The van der Waals surface area contributed by atoms with Gasteiger partial charge in [0.2, 0.25) is 0 Å². The Balaban J connectivity index is 2.16. The first-order chi connectivity index (χ1) is 8.58. The minimum absolute atomic E-state index is 0.335. The Morgan fingerprint density at radius 3 is 2.72 bits per heavy atom. The summed E-state index contributed by atoms with van der Waals surface area (Å²) in [5.41, 5.74) is 7.23. The van der Waals surface area contributed by atoms with Crippen LogP contribution in [0.4, 0.5) is 5.69 Å². The Kier molecular flexibility index (Phi) is 4.38. The summed E-state index contributed by atoms with van der Waals surface area (Å²) in [6.07, 6.45) is 0. The molecule has 5 heteroatoms. The molecular formula is C13H10BrCl2NO. The van der Waals surface area contributed by atoms with Gasteiger partial charge in [-0.15, -0.1) is 0 Å². The first kappa shape index (κ1) is 13.5. The van der Waals surface area contributed by atoms with Gasteiger partial charge >= 0.3 is 0 Å². The van der Waals surface area contributed by atoms with Crippen LogP contribution in [0, 0.1) is 0 Å². The Morgan fingerprint density at radius 1 is 1.17 bits per heavy atom. The van der Waals surface area contributed by atoms with Crippen LogP contribution in [0.5, 0.6) is 5.75 Å². The van der Waals surface area contributed by atoms with Crippen LogP contribution in [-0.4, -0.2) is 0 Å². The van der Waals surface area contributed by atoms with Gasteiger partial charge in [0.15, 0.2) is 0 Å². The molecule has 0 aliphatic carbocycles. The fourth-order valence-electron chi connectivity index (χ4n) is 1.45. The summed E-state index contributed by atoms with van der Waals surface area (Å²) in [6.45, 7) is 0.335. The monoisotopic (exact) mass is 345 g/mol. The topological polar surface area (TPSA) is 35.2 Å². The van der Waals surface area contributed by atoms with E-state index in [1.165, 1.54) is 0 Å². The lowest BCUT2D eigenvalue weighted by atomic mass is 10.2. The molecule has 0 fully saturated rings. The van der Waals surface area contributed by atoms with Gasteiger partial charge in [-0.05, 0) is 46.3 Å². The fourth-order valence-corrected chi connectivity index (χ4v) is 2.19. The van der Waals surface area contributed by atoms with Crippen molar-refractivity contribution < 1.29 is 4.74 Å². The molecule has 0 saturated carbocycles. The van der Waals surface area contributed by atoms with Crippen LogP contribution >= 0.6 is 39.1 Å². The van der Waals surface area contributed by atoms with E-state index in [2.05, 4.69) is 15.9 Å². The zero-order valence-electron chi connectivity index (χ0n) is 9.29. The van der Waals surface area contributed by atoms with Crippen molar-refractivity contribution in [1.29, 1.82) is 0 Å². The predicted octanol–water partition coefficient (Wildman–Crippen LogP) is 4.92. The molecule has 0 saturated heterocycles. The molecule has 94 valence electrons. The van der Waals surface area contributed by atoms with Crippen LogP contribution in [0.3, 0.4) is 0 Å². The van der Waals surface area contributed by atoms with Gasteiger partial charge < -0.3 is 10.5 Å².